The Morgan fingerprint density at radius 3 is 2.58 bits per heavy atom. The van der Waals surface area contributed by atoms with Crippen LogP contribution >= 0.6 is 38.5 Å². The van der Waals surface area contributed by atoms with Gasteiger partial charge in [-0.25, -0.2) is 0 Å². The Labute approximate surface area is 93.8 Å². The number of rotatable bonds is 3. The van der Waals surface area contributed by atoms with Crippen LogP contribution in [0.4, 0.5) is 4.39 Å². The Balaban J connectivity index is 2.97. The molecule has 0 aliphatic carbocycles. The number of alkyl halides is 2. The van der Waals surface area contributed by atoms with E-state index in [4.69, 9.17) is 0 Å². The second kappa shape index (κ2) is 5.17. The van der Waals surface area contributed by atoms with Crippen molar-refractivity contribution in [1.29, 1.82) is 0 Å². The Kier molecular flexibility index (Phi) is 4.50. The van der Waals surface area contributed by atoms with Crippen LogP contribution in [0.5, 0.6) is 0 Å². The summed E-state index contributed by atoms with van der Waals surface area (Å²) < 4.78 is 13.3. The smallest absolute Gasteiger partial charge is 0.0935 e. The second-order valence-electron chi connectivity index (χ2n) is 2.46. The van der Waals surface area contributed by atoms with Crippen molar-refractivity contribution in [3.63, 3.8) is 0 Å². The van der Waals surface area contributed by atoms with Crippen molar-refractivity contribution >= 4 is 38.5 Å². The standard InChI is InChI=1S/C9H9BrFI/c10-6-8-3-1-2-7(4-5-11)9(8)12/h1-3H,4-6H2. The topological polar surface area (TPSA) is 0 Å². The third-order valence-corrected chi connectivity index (χ3v) is 3.66. The van der Waals surface area contributed by atoms with Crippen molar-refractivity contribution in [1.82, 2.24) is 0 Å². The molecule has 1 aromatic rings. The molecule has 0 saturated heterocycles. The van der Waals surface area contributed by atoms with Crippen molar-refractivity contribution in [2.45, 2.75) is 11.8 Å². The first kappa shape index (κ1) is 10.4. The summed E-state index contributed by atoms with van der Waals surface area (Å²) in [5.74, 6) is 0. The highest BCUT2D eigenvalue weighted by Gasteiger charge is 2.03. The minimum absolute atomic E-state index is 0.276. The highest BCUT2D eigenvalue weighted by Crippen LogP contribution is 2.20. The lowest BCUT2D eigenvalue weighted by Gasteiger charge is -2.05. The molecule has 0 amide bonds. The largest absolute Gasteiger partial charge is 0.251 e. The Morgan fingerprint density at radius 1 is 1.33 bits per heavy atom. The Hall–Kier alpha value is 0.360. The Morgan fingerprint density at radius 2 is 2.00 bits per heavy atom. The van der Waals surface area contributed by atoms with Crippen molar-refractivity contribution in [2.24, 2.45) is 0 Å². The summed E-state index contributed by atoms with van der Waals surface area (Å²) in [5, 5.41) is 0.839. The van der Waals surface area contributed by atoms with Crippen LogP contribution in [0.3, 0.4) is 0 Å². The molecule has 0 nitrogen and oxygen atoms in total. The summed E-state index contributed by atoms with van der Waals surface area (Å²) in [6, 6.07) is 6.01. The molecular formula is C9H9BrFI. The van der Waals surface area contributed by atoms with E-state index in [1.54, 1.807) is 0 Å². The molecule has 0 aromatic heterocycles. The van der Waals surface area contributed by atoms with E-state index in [9.17, 15) is 4.39 Å². The van der Waals surface area contributed by atoms with Crippen molar-refractivity contribution in [2.75, 3.05) is 6.67 Å². The van der Waals surface area contributed by atoms with Gasteiger partial charge >= 0.3 is 0 Å². The van der Waals surface area contributed by atoms with Crippen LogP contribution < -0.4 is 0 Å². The fourth-order valence-electron chi connectivity index (χ4n) is 1.03. The molecule has 0 bridgehead atoms. The van der Waals surface area contributed by atoms with Gasteiger partial charge in [0.15, 0.2) is 0 Å². The lowest BCUT2D eigenvalue weighted by Crippen LogP contribution is -1.94. The van der Waals surface area contributed by atoms with E-state index in [2.05, 4.69) is 44.6 Å². The van der Waals surface area contributed by atoms with Crippen LogP contribution in [0.25, 0.3) is 0 Å². The monoisotopic (exact) mass is 342 g/mol. The van der Waals surface area contributed by atoms with Gasteiger partial charge in [0, 0.05) is 15.3 Å². The van der Waals surface area contributed by atoms with E-state index >= 15 is 0 Å². The van der Waals surface area contributed by atoms with E-state index in [-0.39, 0.29) is 6.67 Å². The third kappa shape index (κ3) is 2.42. The number of hydrogen-bond acceptors (Lipinski definition) is 0. The minimum atomic E-state index is -0.276. The van der Waals surface area contributed by atoms with Crippen molar-refractivity contribution in [3.05, 3.63) is 32.9 Å². The fourth-order valence-corrected chi connectivity index (χ4v) is 2.84. The second-order valence-corrected chi connectivity index (χ2v) is 4.10. The van der Waals surface area contributed by atoms with Gasteiger partial charge in [-0.15, -0.1) is 0 Å². The molecule has 0 N–H and O–H groups in total. The first-order chi connectivity index (χ1) is 5.79. The number of hydrogen-bond donors (Lipinski definition) is 0. The molecule has 66 valence electrons. The number of benzene rings is 1. The van der Waals surface area contributed by atoms with Gasteiger partial charge in [0.05, 0.1) is 6.67 Å². The molecule has 0 atom stereocenters. The first-order valence-electron chi connectivity index (χ1n) is 3.67. The highest BCUT2D eigenvalue weighted by atomic mass is 127. The maximum Gasteiger partial charge on any atom is 0.0935 e. The molecule has 1 aromatic carbocycles. The SMILES string of the molecule is FCCc1cccc(CBr)c1I. The van der Waals surface area contributed by atoms with Gasteiger partial charge in [0.1, 0.15) is 0 Å². The van der Waals surface area contributed by atoms with Gasteiger partial charge < -0.3 is 0 Å². The predicted molar refractivity (Wildman–Crippen MR) is 61.5 cm³/mol. The zero-order valence-electron chi connectivity index (χ0n) is 6.49. The summed E-state index contributed by atoms with van der Waals surface area (Å²) in [6.45, 7) is -0.276. The van der Waals surface area contributed by atoms with Gasteiger partial charge in [-0.1, -0.05) is 34.1 Å². The summed E-state index contributed by atoms with van der Waals surface area (Å²) in [4.78, 5) is 0. The molecule has 0 spiro atoms. The molecule has 0 aliphatic rings. The predicted octanol–water partition coefficient (Wildman–Crippen LogP) is 3.70. The molecule has 0 unspecified atom stereocenters. The van der Waals surface area contributed by atoms with Crippen LogP contribution in [0, 0.1) is 3.57 Å². The molecule has 12 heavy (non-hydrogen) atoms. The van der Waals surface area contributed by atoms with E-state index in [1.807, 2.05) is 12.1 Å². The van der Waals surface area contributed by atoms with Crippen molar-refractivity contribution < 1.29 is 4.39 Å². The van der Waals surface area contributed by atoms with E-state index in [0.29, 0.717) is 6.42 Å². The summed E-state index contributed by atoms with van der Waals surface area (Å²) >= 11 is 5.66. The highest BCUT2D eigenvalue weighted by molar-refractivity contribution is 14.1. The number of halogens is 3. The maximum atomic E-state index is 12.1. The Bertz CT molecular complexity index is 263. The van der Waals surface area contributed by atoms with E-state index < -0.39 is 0 Å². The first-order valence-corrected chi connectivity index (χ1v) is 5.87. The summed E-state index contributed by atoms with van der Waals surface area (Å²) in [7, 11) is 0. The normalized spacial score (nSPS) is 10.2. The average molecular weight is 343 g/mol. The summed E-state index contributed by atoms with van der Waals surface area (Å²) in [6.07, 6.45) is 0.527. The molecule has 0 saturated carbocycles. The molecule has 0 fully saturated rings. The lowest BCUT2D eigenvalue weighted by atomic mass is 10.1. The number of aryl methyl sites for hydroxylation is 1. The molecule has 1 rings (SSSR count). The van der Waals surface area contributed by atoms with Crippen LogP contribution in [0.1, 0.15) is 11.1 Å². The molecule has 0 radical (unpaired) electrons. The van der Waals surface area contributed by atoms with Gasteiger partial charge in [-0.2, -0.15) is 0 Å². The van der Waals surface area contributed by atoms with Crippen LogP contribution in [-0.4, -0.2) is 6.67 Å². The van der Waals surface area contributed by atoms with Gasteiger partial charge in [-0.05, 0) is 33.7 Å². The maximum absolute atomic E-state index is 12.1. The van der Waals surface area contributed by atoms with E-state index in [1.165, 1.54) is 9.13 Å². The zero-order valence-corrected chi connectivity index (χ0v) is 10.2. The molecule has 3 heteroatoms. The fraction of sp³-hybridized carbons (Fsp3) is 0.333. The molecule has 0 aliphatic heterocycles. The van der Waals surface area contributed by atoms with Gasteiger partial charge in [-0.3, -0.25) is 4.39 Å². The van der Waals surface area contributed by atoms with E-state index in [0.717, 1.165) is 10.9 Å². The average Bonchev–Trinajstić information content (AvgIpc) is 2.09. The zero-order chi connectivity index (χ0) is 8.97. The molecule has 0 heterocycles. The lowest BCUT2D eigenvalue weighted by molar-refractivity contribution is 0.495. The third-order valence-electron chi connectivity index (χ3n) is 1.67. The summed E-state index contributed by atoms with van der Waals surface area (Å²) in [5.41, 5.74) is 2.34. The van der Waals surface area contributed by atoms with Crippen molar-refractivity contribution in [3.8, 4) is 0 Å². The van der Waals surface area contributed by atoms with Crippen LogP contribution in [-0.2, 0) is 11.8 Å². The quantitative estimate of drug-likeness (QED) is 0.580. The van der Waals surface area contributed by atoms with Crippen LogP contribution in [0.2, 0.25) is 0 Å². The van der Waals surface area contributed by atoms with Crippen LogP contribution in [0.15, 0.2) is 18.2 Å². The molecular weight excluding hydrogens is 334 g/mol. The van der Waals surface area contributed by atoms with Gasteiger partial charge in [0.2, 0.25) is 0 Å². The van der Waals surface area contributed by atoms with Gasteiger partial charge in [0.25, 0.3) is 0 Å². The minimum Gasteiger partial charge on any atom is -0.251 e.